The first-order chi connectivity index (χ1) is 12.0. The maximum absolute atomic E-state index is 12.3. The Morgan fingerprint density at radius 1 is 1.32 bits per heavy atom. The van der Waals surface area contributed by atoms with E-state index in [0.717, 1.165) is 23.3 Å². The smallest absolute Gasteiger partial charge is 0.343 e. The monoisotopic (exact) mass is 361 g/mol. The average molecular weight is 362 g/mol. The van der Waals surface area contributed by atoms with Gasteiger partial charge in [0.15, 0.2) is 4.80 Å². The summed E-state index contributed by atoms with van der Waals surface area (Å²) in [5.74, 6) is 0. The molecule has 1 heterocycles. The molecule has 1 N–H and O–H groups in total. The molecule has 2 rings (SSSR count). The quantitative estimate of drug-likeness (QED) is 0.821. The Labute approximate surface area is 153 Å². The number of hydrogen-bond donors (Lipinski definition) is 1. The molecule has 0 saturated heterocycles. The van der Waals surface area contributed by atoms with Crippen LogP contribution < -0.4 is 10.1 Å². The summed E-state index contributed by atoms with van der Waals surface area (Å²) < 4.78 is 7.19. The number of rotatable bonds is 7. The van der Waals surface area contributed by atoms with Crippen LogP contribution in [-0.2, 0) is 17.7 Å². The van der Waals surface area contributed by atoms with Gasteiger partial charge in [-0.25, -0.2) is 4.79 Å². The van der Waals surface area contributed by atoms with Gasteiger partial charge in [-0.15, -0.1) is 11.3 Å². The first-order valence-electron chi connectivity index (χ1n) is 8.56. The molecule has 5 nitrogen and oxygen atoms in total. The minimum absolute atomic E-state index is 0.0750. The van der Waals surface area contributed by atoms with Crippen LogP contribution in [0.3, 0.4) is 0 Å². The van der Waals surface area contributed by atoms with Crippen LogP contribution in [0.1, 0.15) is 29.5 Å². The van der Waals surface area contributed by atoms with E-state index in [4.69, 9.17) is 4.74 Å². The second kappa shape index (κ2) is 9.53. The Balaban J connectivity index is 1.98. The molecule has 0 spiro atoms. The number of carbonyl (C=O) groups is 1. The van der Waals surface area contributed by atoms with Crippen molar-refractivity contribution >= 4 is 17.4 Å². The van der Waals surface area contributed by atoms with Crippen molar-refractivity contribution in [3.05, 3.63) is 51.3 Å². The highest BCUT2D eigenvalue weighted by atomic mass is 32.1. The molecule has 0 aliphatic rings. The molecule has 136 valence electrons. The van der Waals surface area contributed by atoms with E-state index in [9.17, 15) is 4.79 Å². The van der Waals surface area contributed by atoms with E-state index in [1.807, 2.05) is 43.5 Å². The number of benzene rings is 1. The first kappa shape index (κ1) is 19.4. The predicted molar refractivity (Wildman–Crippen MR) is 102 cm³/mol. The van der Waals surface area contributed by atoms with Crippen molar-refractivity contribution < 1.29 is 9.53 Å². The average Bonchev–Trinajstić information content (AvgIpc) is 2.85. The molecule has 0 aliphatic carbocycles. The van der Waals surface area contributed by atoms with Crippen LogP contribution in [0.4, 0.5) is 4.79 Å². The summed E-state index contributed by atoms with van der Waals surface area (Å²) >= 11 is 1.54. The molecule has 0 bridgehead atoms. The number of nitrogens with one attached hydrogen (secondary N) is 1. The fourth-order valence-electron chi connectivity index (χ4n) is 2.56. The van der Waals surface area contributed by atoms with Gasteiger partial charge < -0.3 is 14.6 Å². The summed E-state index contributed by atoms with van der Waals surface area (Å²) in [6.45, 7) is 7.39. The van der Waals surface area contributed by atoms with Gasteiger partial charge in [-0.1, -0.05) is 30.3 Å². The number of methoxy groups -OCH3 is 1. The van der Waals surface area contributed by atoms with Gasteiger partial charge in [-0.05, 0) is 39.2 Å². The first-order valence-corrected chi connectivity index (χ1v) is 9.37. The van der Waals surface area contributed by atoms with Gasteiger partial charge in [0, 0.05) is 30.3 Å². The highest BCUT2D eigenvalue weighted by Crippen LogP contribution is 2.10. The van der Waals surface area contributed by atoms with E-state index in [1.54, 1.807) is 7.11 Å². The maximum atomic E-state index is 12.3. The largest absolute Gasteiger partial charge is 0.383 e. The van der Waals surface area contributed by atoms with Gasteiger partial charge in [0.05, 0.1) is 6.61 Å². The summed E-state index contributed by atoms with van der Waals surface area (Å²) in [4.78, 5) is 18.4. The van der Waals surface area contributed by atoms with Gasteiger partial charge in [-0.2, -0.15) is 4.99 Å². The zero-order valence-electron chi connectivity index (χ0n) is 15.4. The fraction of sp³-hybridized carbons (Fsp3) is 0.474. The minimum atomic E-state index is -0.284. The van der Waals surface area contributed by atoms with Crippen molar-refractivity contribution in [1.29, 1.82) is 0 Å². The number of aromatic nitrogens is 1. The lowest BCUT2D eigenvalue weighted by Crippen LogP contribution is -2.32. The molecule has 0 aliphatic heterocycles. The van der Waals surface area contributed by atoms with Crippen molar-refractivity contribution in [2.24, 2.45) is 4.99 Å². The van der Waals surface area contributed by atoms with Crippen molar-refractivity contribution in [2.75, 3.05) is 13.7 Å². The number of hydrogen-bond acceptors (Lipinski definition) is 3. The molecule has 0 fully saturated rings. The Morgan fingerprint density at radius 2 is 2.04 bits per heavy atom. The number of ether oxygens (including phenoxy) is 1. The molecule has 0 saturated carbocycles. The predicted octanol–water partition coefficient (Wildman–Crippen LogP) is 3.44. The third-order valence-electron chi connectivity index (χ3n) is 4.18. The summed E-state index contributed by atoms with van der Waals surface area (Å²) in [7, 11) is 1.67. The number of urea groups is 1. The normalized spacial score (nSPS) is 13.0. The minimum Gasteiger partial charge on any atom is -0.383 e. The SMILES string of the molecule is COCCn1c(C)c(C)sc1=NC(=O)NC(C)CCc1ccccc1. The van der Waals surface area contributed by atoms with Crippen molar-refractivity contribution in [3.8, 4) is 0 Å². The lowest BCUT2D eigenvalue weighted by molar-refractivity contribution is 0.185. The molecule has 6 heteroatoms. The molecule has 2 aromatic rings. The van der Waals surface area contributed by atoms with Crippen LogP contribution in [0, 0.1) is 13.8 Å². The highest BCUT2D eigenvalue weighted by Gasteiger charge is 2.10. The van der Waals surface area contributed by atoms with Crippen LogP contribution >= 0.6 is 11.3 Å². The molecular formula is C19H27N3O2S. The van der Waals surface area contributed by atoms with Gasteiger partial charge in [-0.3, -0.25) is 0 Å². The second-order valence-electron chi connectivity index (χ2n) is 6.16. The third-order valence-corrected chi connectivity index (χ3v) is 5.28. The molecule has 2 amide bonds. The molecule has 0 radical (unpaired) electrons. The summed E-state index contributed by atoms with van der Waals surface area (Å²) in [6, 6.07) is 10.1. The molecule has 1 aromatic carbocycles. The van der Waals surface area contributed by atoms with Gasteiger partial charge >= 0.3 is 6.03 Å². The third kappa shape index (κ3) is 5.83. The topological polar surface area (TPSA) is 55.6 Å². The van der Waals surface area contributed by atoms with Gasteiger partial charge in [0.2, 0.25) is 0 Å². The van der Waals surface area contributed by atoms with E-state index in [0.29, 0.717) is 13.2 Å². The van der Waals surface area contributed by atoms with Crippen molar-refractivity contribution in [3.63, 3.8) is 0 Å². The van der Waals surface area contributed by atoms with Crippen LogP contribution in [0.15, 0.2) is 35.3 Å². The number of carbonyl (C=O) groups excluding carboxylic acids is 1. The van der Waals surface area contributed by atoms with Crippen LogP contribution in [-0.4, -0.2) is 30.4 Å². The van der Waals surface area contributed by atoms with Gasteiger partial charge in [0.1, 0.15) is 0 Å². The molecule has 1 aromatic heterocycles. The lowest BCUT2D eigenvalue weighted by Gasteiger charge is -2.11. The zero-order chi connectivity index (χ0) is 18.2. The number of thiazole rings is 1. The van der Waals surface area contributed by atoms with Crippen molar-refractivity contribution in [1.82, 2.24) is 9.88 Å². The highest BCUT2D eigenvalue weighted by molar-refractivity contribution is 7.09. The Hall–Kier alpha value is -1.92. The summed E-state index contributed by atoms with van der Waals surface area (Å²) in [5, 5.41) is 2.97. The molecular weight excluding hydrogens is 334 g/mol. The van der Waals surface area contributed by atoms with E-state index in [2.05, 4.69) is 22.4 Å². The van der Waals surface area contributed by atoms with E-state index < -0.39 is 0 Å². The Bertz CT molecular complexity index is 750. The standard InChI is InChI=1S/C19H27N3O2S/c1-14(10-11-17-8-6-5-7-9-17)20-18(23)21-19-22(12-13-24-4)15(2)16(3)25-19/h5-9,14H,10-13H2,1-4H3,(H,20,23). The van der Waals surface area contributed by atoms with Crippen LogP contribution in [0.2, 0.25) is 0 Å². The van der Waals surface area contributed by atoms with Crippen LogP contribution in [0.25, 0.3) is 0 Å². The van der Waals surface area contributed by atoms with E-state index >= 15 is 0 Å². The second-order valence-corrected chi connectivity index (χ2v) is 7.34. The van der Waals surface area contributed by atoms with Crippen LogP contribution in [0.5, 0.6) is 0 Å². The van der Waals surface area contributed by atoms with Crippen molar-refractivity contribution in [2.45, 2.75) is 46.2 Å². The number of nitrogens with zero attached hydrogens (tertiary/aromatic N) is 2. The molecule has 1 atom stereocenters. The number of aryl methyl sites for hydroxylation is 2. The molecule has 1 unspecified atom stereocenters. The number of amides is 2. The molecule has 25 heavy (non-hydrogen) atoms. The maximum Gasteiger partial charge on any atom is 0.343 e. The Kier molecular flexibility index (Phi) is 7.40. The van der Waals surface area contributed by atoms with Gasteiger partial charge in [0.25, 0.3) is 0 Å². The summed E-state index contributed by atoms with van der Waals surface area (Å²) in [5.41, 5.74) is 2.41. The zero-order valence-corrected chi connectivity index (χ0v) is 16.2. The van der Waals surface area contributed by atoms with E-state index in [1.165, 1.54) is 21.8 Å². The van der Waals surface area contributed by atoms with E-state index in [-0.39, 0.29) is 12.1 Å². The lowest BCUT2D eigenvalue weighted by atomic mass is 10.1. The Morgan fingerprint density at radius 3 is 2.72 bits per heavy atom. The fourth-order valence-corrected chi connectivity index (χ4v) is 3.56. The summed E-state index contributed by atoms with van der Waals surface area (Å²) in [6.07, 6.45) is 1.82.